The summed E-state index contributed by atoms with van der Waals surface area (Å²) in [6, 6.07) is 5.23. The maximum Gasteiger partial charge on any atom is 0.408 e. The summed E-state index contributed by atoms with van der Waals surface area (Å²) in [7, 11) is 0. The number of nitrogens with zero attached hydrogens (tertiary/aromatic N) is 1. The minimum absolute atomic E-state index is 0.0544. The molecule has 0 heterocycles. The minimum atomic E-state index is -0.960. The number of hydrogen-bond acceptors (Lipinski definition) is 5. The van der Waals surface area contributed by atoms with Crippen LogP contribution in [0.3, 0.4) is 0 Å². The van der Waals surface area contributed by atoms with Gasteiger partial charge >= 0.3 is 6.09 Å². The maximum atomic E-state index is 13.7. The van der Waals surface area contributed by atoms with E-state index in [1.54, 1.807) is 26.8 Å². The lowest BCUT2D eigenvalue weighted by Gasteiger charge is -2.37. The van der Waals surface area contributed by atoms with Crippen molar-refractivity contribution in [3.63, 3.8) is 0 Å². The van der Waals surface area contributed by atoms with Gasteiger partial charge in [-0.2, -0.15) is 12.6 Å². The summed E-state index contributed by atoms with van der Waals surface area (Å²) < 4.78 is 5.31. The highest BCUT2D eigenvalue weighted by molar-refractivity contribution is 7.80. The predicted molar refractivity (Wildman–Crippen MR) is 141 cm³/mol. The van der Waals surface area contributed by atoms with Crippen molar-refractivity contribution in [2.45, 2.75) is 84.5 Å². The van der Waals surface area contributed by atoms with Crippen LogP contribution < -0.4 is 10.6 Å². The van der Waals surface area contributed by atoms with E-state index in [0.717, 1.165) is 24.8 Å². The molecule has 8 heteroatoms. The van der Waals surface area contributed by atoms with E-state index in [0.29, 0.717) is 12.1 Å². The van der Waals surface area contributed by atoms with E-state index in [9.17, 15) is 14.4 Å². The number of ether oxygens (including phenoxy) is 1. The van der Waals surface area contributed by atoms with Crippen LogP contribution in [0.15, 0.2) is 30.8 Å². The summed E-state index contributed by atoms with van der Waals surface area (Å²) in [6.07, 6.45) is 3.89. The third-order valence-corrected chi connectivity index (χ3v) is 5.42. The van der Waals surface area contributed by atoms with Crippen LogP contribution in [-0.4, -0.2) is 52.8 Å². The van der Waals surface area contributed by atoms with E-state index < -0.39 is 29.7 Å². The molecule has 7 nitrogen and oxygen atoms in total. The second-order valence-corrected chi connectivity index (χ2v) is 9.86. The lowest BCUT2D eigenvalue weighted by molar-refractivity contribution is -0.144. The molecule has 2 N–H and O–H groups in total. The van der Waals surface area contributed by atoms with Gasteiger partial charge in [-0.1, -0.05) is 50.6 Å². The smallest absolute Gasteiger partial charge is 0.408 e. The topological polar surface area (TPSA) is 87.7 Å². The normalized spacial score (nSPS) is 13.1. The Morgan fingerprint density at radius 1 is 1.21 bits per heavy atom. The number of amides is 3. The lowest BCUT2D eigenvalue weighted by Crippen LogP contribution is -2.55. The highest BCUT2D eigenvalue weighted by atomic mass is 32.1. The summed E-state index contributed by atoms with van der Waals surface area (Å²) in [4.78, 5) is 41.0. The molecule has 0 saturated heterocycles. The first-order valence-corrected chi connectivity index (χ1v) is 12.5. The number of thiol groups is 1. The van der Waals surface area contributed by atoms with Crippen LogP contribution in [0.1, 0.15) is 78.0 Å². The Bertz CT molecular complexity index is 836. The fraction of sp³-hybridized carbons (Fsp3) is 0.577. The van der Waals surface area contributed by atoms with Crippen LogP contribution in [0.5, 0.6) is 0 Å². The number of carbonyl (C=O) groups is 3. The van der Waals surface area contributed by atoms with Crippen LogP contribution in [0, 0.1) is 0 Å². The Balaban J connectivity index is 3.32. The first-order chi connectivity index (χ1) is 15.9. The van der Waals surface area contributed by atoms with Gasteiger partial charge in [0.15, 0.2) is 0 Å². The Morgan fingerprint density at radius 3 is 2.41 bits per heavy atom. The molecule has 0 spiro atoms. The van der Waals surface area contributed by atoms with Crippen molar-refractivity contribution in [2.75, 3.05) is 12.3 Å². The van der Waals surface area contributed by atoms with Crippen molar-refractivity contribution in [1.82, 2.24) is 15.5 Å². The van der Waals surface area contributed by atoms with E-state index in [2.05, 4.69) is 36.8 Å². The molecule has 2 unspecified atom stereocenters. The molecular weight excluding hydrogens is 450 g/mol. The fourth-order valence-corrected chi connectivity index (χ4v) is 3.72. The number of rotatable bonds is 12. The number of nitrogens with one attached hydrogen (secondary N) is 2. The van der Waals surface area contributed by atoms with Crippen molar-refractivity contribution in [3.8, 4) is 0 Å². The first kappa shape index (κ1) is 29.6. The van der Waals surface area contributed by atoms with Gasteiger partial charge in [0.25, 0.3) is 0 Å². The van der Waals surface area contributed by atoms with Gasteiger partial charge in [-0.05, 0) is 58.2 Å². The highest BCUT2D eigenvalue weighted by Gasteiger charge is 2.37. The van der Waals surface area contributed by atoms with Crippen molar-refractivity contribution in [1.29, 1.82) is 0 Å². The molecule has 34 heavy (non-hydrogen) atoms. The predicted octanol–water partition coefficient (Wildman–Crippen LogP) is 4.74. The van der Waals surface area contributed by atoms with Gasteiger partial charge in [0.05, 0.1) is 0 Å². The third kappa shape index (κ3) is 9.41. The average molecular weight is 492 g/mol. The molecular formula is C26H41N3O4S. The van der Waals surface area contributed by atoms with Crippen molar-refractivity contribution in [2.24, 2.45) is 0 Å². The molecule has 0 aliphatic carbocycles. The number of hydrogen-bond donors (Lipinski definition) is 3. The fourth-order valence-electron chi connectivity index (χ4n) is 3.47. The zero-order valence-electron chi connectivity index (χ0n) is 21.4. The van der Waals surface area contributed by atoms with Gasteiger partial charge in [0, 0.05) is 18.3 Å². The molecule has 0 fully saturated rings. The minimum Gasteiger partial charge on any atom is -0.444 e. The third-order valence-electron chi connectivity index (χ3n) is 5.05. The molecule has 3 amide bonds. The van der Waals surface area contributed by atoms with Gasteiger partial charge in [-0.25, -0.2) is 4.79 Å². The van der Waals surface area contributed by atoms with Crippen LogP contribution in [0.2, 0.25) is 0 Å². The number of carbonyl (C=O) groups excluding carboxylic acids is 3. The van der Waals surface area contributed by atoms with Gasteiger partial charge in [-0.3, -0.25) is 9.59 Å². The van der Waals surface area contributed by atoms with Crippen LogP contribution in [-0.2, 0) is 14.3 Å². The molecule has 0 aliphatic heterocycles. The summed E-state index contributed by atoms with van der Waals surface area (Å²) in [5.74, 6) is -0.623. The molecule has 0 radical (unpaired) electrons. The van der Waals surface area contributed by atoms with E-state index in [-0.39, 0.29) is 17.7 Å². The zero-order chi connectivity index (χ0) is 25.9. The van der Waals surface area contributed by atoms with Crippen molar-refractivity contribution in [3.05, 3.63) is 42.0 Å². The highest BCUT2D eigenvalue weighted by Crippen LogP contribution is 2.26. The average Bonchev–Trinajstić information content (AvgIpc) is 2.76. The van der Waals surface area contributed by atoms with Gasteiger partial charge in [0.1, 0.15) is 17.7 Å². The summed E-state index contributed by atoms with van der Waals surface area (Å²) in [5, 5.41) is 5.59. The number of benzene rings is 1. The molecule has 1 aromatic carbocycles. The van der Waals surface area contributed by atoms with Crippen molar-refractivity contribution >= 4 is 36.6 Å². The van der Waals surface area contributed by atoms with Gasteiger partial charge in [0.2, 0.25) is 11.8 Å². The van der Waals surface area contributed by atoms with Crippen LogP contribution >= 0.6 is 12.6 Å². The number of alkyl carbamates (subject to hydrolysis) is 1. The monoisotopic (exact) mass is 491 g/mol. The Labute approximate surface area is 210 Å². The van der Waals surface area contributed by atoms with E-state index in [1.807, 2.05) is 38.1 Å². The summed E-state index contributed by atoms with van der Waals surface area (Å²) in [5.41, 5.74) is 0.801. The van der Waals surface area contributed by atoms with E-state index in [4.69, 9.17) is 4.74 Å². The molecule has 2 atom stereocenters. The van der Waals surface area contributed by atoms with E-state index in [1.165, 1.54) is 4.90 Å². The SMILES string of the molecule is C=Cc1cccc(C(C(=O)NCCCCC)N(C(=O)C(CS)NC(=O)OC(C)(C)C)C(C)C)c1. The second kappa shape index (κ2) is 14.0. The van der Waals surface area contributed by atoms with E-state index >= 15 is 0 Å². The molecule has 1 aromatic rings. The zero-order valence-corrected chi connectivity index (χ0v) is 22.3. The first-order valence-electron chi connectivity index (χ1n) is 11.9. The lowest BCUT2D eigenvalue weighted by atomic mass is 9.99. The molecule has 190 valence electrons. The molecule has 0 aliphatic rings. The van der Waals surface area contributed by atoms with Gasteiger partial charge in [-0.15, -0.1) is 0 Å². The largest absolute Gasteiger partial charge is 0.444 e. The molecule has 0 aromatic heterocycles. The molecule has 1 rings (SSSR count). The van der Waals surface area contributed by atoms with Crippen molar-refractivity contribution < 1.29 is 19.1 Å². The quantitative estimate of drug-likeness (QED) is 0.291. The molecule has 0 bridgehead atoms. The summed E-state index contributed by atoms with van der Waals surface area (Å²) >= 11 is 4.29. The van der Waals surface area contributed by atoms with Gasteiger partial charge < -0.3 is 20.3 Å². The number of unbranched alkanes of at least 4 members (excludes halogenated alkanes) is 2. The van der Waals surface area contributed by atoms with Crippen LogP contribution in [0.4, 0.5) is 4.79 Å². The Kier molecular flexibility index (Phi) is 12.2. The Morgan fingerprint density at radius 2 is 1.88 bits per heavy atom. The maximum absolute atomic E-state index is 13.7. The second-order valence-electron chi connectivity index (χ2n) is 9.50. The molecule has 0 saturated carbocycles. The Hall–Kier alpha value is -2.48. The van der Waals surface area contributed by atoms with Crippen LogP contribution in [0.25, 0.3) is 6.08 Å². The standard InChI is InChI=1S/C26H41N3O4S/c1-8-10-11-15-27-23(30)22(20-14-12-13-19(9-2)16-20)29(18(3)4)24(31)21(17-34)28-25(32)33-26(5,6)7/h9,12-14,16,18,21-22,34H,2,8,10-11,15,17H2,1,3-7H3,(H,27,30)(H,28,32). The summed E-state index contributed by atoms with van der Waals surface area (Å²) in [6.45, 7) is 15.4.